The molecule has 2 aromatic heterocycles. The van der Waals surface area contributed by atoms with Crippen molar-refractivity contribution in [3.05, 3.63) is 17.8 Å². The standard InChI is InChI=1S/C12H15N3S/c1-2-15(7-9-3-4-9)11-10-5-6-16-12(10)14-8-13-11/h5-6,8-9H,2-4,7H2,1H3. The average molecular weight is 233 g/mol. The SMILES string of the molecule is CCN(CC1CC1)c1ncnc2sccc12. The van der Waals surface area contributed by atoms with E-state index < -0.39 is 0 Å². The zero-order valence-electron chi connectivity index (χ0n) is 9.39. The van der Waals surface area contributed by atoms with Crippen molar-refractivity contribution in [3.63, 3.8) is 0 Å². The monoisotopic (exact) mass is 233 g/mol. The molecule has 3 nitrogen and oxygen atoms in total. The molecule has 0 atom stereocenters. The summed E-state index contributed by atoms with van der Waals surface area (Å²) in [6.07, 6.45) is 4.45. The summed E-state index contributed by atoms with van der Waals surface area (Å²) in [6, 6.07) is 2.13. The minimum absolute atomic E-state index is 0.892. The van der Waals surface area contributed by atoms with Gasteiger partial charge in [0.25, 0.3) is 0 Å². The highest BCUT2D eigenvalue weighted by atomic mass is 32.1. The summed E-state index contributed by atoms with van der Waals surface area (Å²) < 4.78 is 0. The van der Waals surface area contributed by atoms with Crippen LogP contribution in [0.3, 0.4) is 0 Å². The summed E-state index contributed by atoms with van der Waals surface area (Å²) in [5.41, 5.74) is 0. The molecule has 16 heavy (non-hydrogen) atoms. The van der Waals surface area contributed by atoms with Gasteiger partial charge in [-0.15, -0.1) is 11.3 Å². The number of thiophene rings is 1. The Labute approximate surface area is 99.1 Å². The van der Waals surface area contributed by atoms with Crippen LogP contribution in [0.5, 0.6) is 0 Å². The summed E-state index contributed by atoms with van der Waals surface area (Å²) in [7, 11) is 0. The summed E-state index contributed by atoms with van der Waals surface area (Å²) in [5.74, 6) is 2.00. The number of hydrogen-bond acceptors (Lipinski definition) is 4. The quantitative estimate of drug-likeness (QED) is 0.813. The van der Waals surface area contributed by atoms with Crippen molar-refractivity contribution < 1.29 is 0 Å². The first-order valence-electron chi connectivity index (χ1n) is 5.81. The summed E-state index contributed by atoms with van der Waals surface area (Å²) in [6.45, 7) is 4.37. The molecule has 4 heteroatoms. The molecule has 0 radical (unpaired) electrons. The number of hydrogen-bond donors (Lipinski definition) is 0. The van der Waals surface area contributed by atoms with E-state index in [-0.39, 0.29) is 0 Å². The van der Waals surface area contributed by atoms with Crippen molar-refractivity contribution >= 4 is 27.4 Å². The first-order valence-corrected chi connectivity index (χ1v) is 6.69. The van der Waals surface area contributed by atoms with Gasteiger partial charge in [-0.05, 0) is 37.1 Å². The molecule has 0 aromatic carbocycles. The minimum atomic E-state index is 0.892. The van der Waals surface area contributed by atoms with Gasteiger partial charge in [0.1, 0.15) is 17.0 Å². The maximum atomic E-state index is 4.45. The highest BCUT2D eigenvalue weighted by Crippen LogP contribution is 2.33. The number of fused-ring (bicyclic) bond motifs is 1. The summed E-state index contributed by atoms with van der Waals surface area (Å²) in [5, 5.41) is 3.29. The molecular weight excluding hydrogens is 218 g/mol. The van der Waals surface area contributed by atoms with Gasteiger partial charge in [0.2, 0.25) is 0 Å². The van der Waals surface area contributed by atoms with E-state index in [0.29, 0.717) is 0 Å². The van der Waals surface area contributed by atoms with Gasteiger partial charge < -0.3 is 4.90 Å². The second-order valence-corrected chi connectivity index (χ2v) is 5.21. The lowest BCUT2D eigenvalue weighted by molar-refractivity contribution is 0.734. The molecule has 1 aliphatic carbocycles. The van der Waals surface area contributed by atoms with Crippen molar-refractivity contribution in [2.24, 2.45) is 5.92 Å². The molecule has 1 saturated carbocycles. The fraction of sp³-hybridized carbons (Fsp3) is 0.500. The molecule has 2 aromatic rings. The third-order valence-corrected chi connectivity index (χ3v) is 3.92. The first-order chi connectivity index (χ1) is 7.88. The van der Waals surface area contributed by atoms with Gasteiger partial charge in [-0.2, -0.15) is 0 Å². The topological polar surface area (TPSA) is 29.0 Å². The highest BCUT2D eigenvalue weighted by Gasteiger charge is 2.25. The van der Waals surface area contributed by atoms with E-state index in [2.05, 4.69) is 33.2 Å². The predicted molar refractivity (Wildman–Crippen MR) is 68.0 cm³/mol. The maximum Gasteiger partial charge on any atom is 0.140 e. The number of anilines is 1. The van der Waals surface area contributed by atoms with Crippen LogP contribution in [0.4, 0.5) is 5.82 Å². The smallest absolute Gasteiger partial charge is 0.140 e. The third-order valence-electron chi connectivity index (χ3n) is 3.10. The van der Waals surface area contributed by atoms with Gasteiger partial charge in [0.05, 0.1) is 5.39 Å². The van der Waals surface area contributed by atoms with Crippen molar-refractivity contribution in [1.29, 1.82) is 0 Å². The van der Waals surface area contributed by atoms with Crippen LogP contribution in [0.2, 0.25) is 0 Å². The Bertz CT molecular complexity index is 490. The molecule has 0 bridgehead atoms. The fourth-order valence-corrected chi connectivity index (χ4v) is 2.73. The largest absolute Gasteiger partial charge is 0.356 e. The van der Waals surface area contributed by atoms with Crippen LogP contribution in [0, 0.1) is 5.92 Å². The third kappa shape index (κ3) is 1.78. The van der Waals surface area contributed by atoms with Crippen LogP contribution in [-0.2, 0) is 0 Å². The summed E-state index contributed by atoms with van der Waals surface area (Å²) >= 11 is 1.69. The molecule has 1 fully saturated rings. The van der Waals surface area contributed by atoms with Crippen LogP contribution in [0.1, 0.15) is 19.8 Å². The van der Waals surface area contributed by atoms with Crippen LogP contribution in [-0.4, -0.2) is 23.1 Å². The van der Waals surface area contributed by atoms with Gasteiger partial charge in [0.15, 0.2) is 0 Å². The van der Waals surface area contributed by atoms with Crippen molar-refractivity contribution in [1.82, 2.24) is 9.97 Å². The lowest BCUT2D eigenvalue weighted by Crippen LogP contribution is -2.26. The summed E-state index contributed by atoms with van der Waals surface area (Å²) in [4.78, 5) is 12.2. The highest BCUT2D eigenvalue weighted by molar-refractivity contribution is 7.16. The Balaban J connectivity index is 1.97. The normalized spacial score (nSPS) is 15.6. The van der Waals surface area contributed by atoms with E-state index in [1.165, 1.54) is 18.2 Å². The lowest BCUT2D eigenvalue weighted by Gasteiger charge is -2.22. The van der Waals surface area contributed by atoms with Gasteiger partial charge in [-0.25, -0.2) is 9.97 Å². The second kappa shape index (κ2) is 4.01. The molecule has 0 spiro atoms. The second-order valence-electron chi connectivity index (χ2n) is 4.32. The zero-order chi connectivity index (χ0) is 11.0. The van der Waals surface area contributed by atoms with Crippen molar-refractivity contribution in [2.75, 3.05) is 18.0 Å². The molecular formula is C12H15N3S. The predicted octanol–water partition coefficient (Wildman–Crippen LogP) is 2.93. The molecule has 3 rings (SSSR count). The van der Waals surface area contributed by atoms with E-state index in [9.17, 15) is 0 Å². The molecule has 0 unspecified atom stereocenters. The molecule has 0 saturated heterocycles. The Kier molecular flexibility index (Phi) is 2.52. The Morgan fingerprint density at radius 3 is 3.06 bits per heavy atom. The molecule has 2 heterocycles. The minimum Gasteiger partial charge on any atom is -0.356 e. The van der Waals surface area contributed by atoms with Crippen LogP contribution in [0.15, 0.2) is 17.8 Å². The molecule has 84 valence electrons. The van der Waals surface area contributed by atoms with Gasteiger partial charge in [0, 0.05) is 13.1 Å². The number of rotatable bonds is 4. The van der Waals surface area contributed by atoms with E-state index in [1.807, 2.05) is 0 Å². The zero-order valence-corrected chi connectivity index (χ0v) is 10.2. The molecule has 0 aliphatic heterocycles. The lowest BCUT2D eigenvalue weighted by atomic mass is 10.3. The maximum absolute atomic E-state index is 4.45. The molecule has 0 amide bonds. The number of nitrogens with zero attached hydrogens (tertiary/aromatic N) is 3. The van der Waals surface area contributed by atoms with Gasteiger partial charge in [-0.3, -0.25) is 0 Å². The van der Waals surface area contributed by atoms with E-state index in [0.717, 1.165) is 29.7 Å². The van der Waals surface area contributed by atoms with Gasteiger partial charge in [-0.1, -0.05) is 0 Å². The van der Waals surface area contributed by atoms with Crippen LogP contribution in [0.25, 0.3) is 10.2 Å². The first kappa shape index (κ1) is 10.0. The Morgan fingerprint density at radius 1 is 1.44 bits per heavy atom. The number of aromatic nitrogens is 2. The van der Waals surface area contributed by atoms with E-state index >= 15 is 0 Å². The average Bonchev–Trinajstić information content (AvgIpc) is 3.00. The Hall–Kier alpha value is -1.16. The van der Waals surface area contributed by atoms with E-state index in [1.54, 1.807) is 17.7 Å². The molecule has 1 aliphatic rings. The fourth-order valence-electron chi connectivity index (χ4n) is 2.01. The Morgan fingerprint density at radius 2 is 2.31 bits per heavy atom. The van der Waals surface area contributed by atoms with Crippen LogP contribution >= 0.6 is 11.3 Å². The molecule has 0 N–H and O–H groups in total. The van der Waals surface area contributed by atoms with Crippen molar-refractivity contribution in [3.8, 4) is 0 Å². The van der Waals surface area contributed by atoms with Crippen LogP contribution < -0.4 is 4.90 Å². The van der Waals surface area contributed by atoms with Gasteiger partial charge >= 0.3 is 0 Å². The van der Waals surface area contributed by atoms with Crippen molar-refractivity contribution in [2.45, 2.75) is 19.8 Å². The van der Waals surface area contributed by atoms with E-state index in [4.69, 9.17) is 0 Å².